The molecule has 0 unspecified atom stereocenters. The van der Waals surface area contributed by atoms with E-state index < -0.39 is 3.85 Å². The van der Waals surface area contributed by atoms with E-state index in [9.17, 15) is 0 Å². The van der Waals surface area contributed by atoms with Crippen molar-refractivity contribution in [3.8, 4) is 0 Å². The third-order valence-electron chi connectivity index (χ3n) is 1.99. The Morgan fingerprint density at radius 2 is 1.33 bits per heavy atom. The molecule has 0 aromatic heterocycles. The van der Waals surface area contributed by atoms with Gasteiger partial charge in [0.25, 0.3) is 0 Å². The molecule has 0 aliphatic rings. The van der Waals surface area contributed by atoms with E-state index in [0.717, 1.165) is 18.5 Å². The van der Waals surface area contributed by atoms with Gasteiger partial charge in [0.1, 0.15) is 0 Å². The van der Waals surface area contributed by atoms with Crippen LogP contribution in [0.1, 0.15) is 20.8 Å². The summed E-state index contributed by atoms with van der Waals surface area (Å²) in [4.78, 5) is 0. The number of rotatable bonds is 3. The van der Waals surface area contributed by atoms with Gasteiger partial charge in [-0.15, -0.1) is 0 Å². The third kappa shape index (κ3) is 2.91. The molecule has 9 heavy (non-hydrogen) atoms. The zero-order valence-corrected chi connectivity index (χ0v) is 10.1. The molecule has 62 valence electrons. The predicted octanol–water partition coefficient (Wildman–Crippen LogP) is 3.22. The van der Waals surface area contributed by atoms with Gasteiger partial charge in [-0.2, -0.15) is 0 Å². The van der Waals surface area contributed by atoms with E-state index in [4.69, 9.17) is 11.2 Å². The molecule has 0 aromatic rings. The molecule has 0 aliphatic carbocycles. The Morgan fingerprint density at radius 3 is 1.33 bits per heavy atom. The second-order valence-electron chi connectivity index (χ2n) is 2.32. The molecule has 0 fully saturated rings. The fraction of sp³-hybridized carbons (Fsp3) is 1.00. The van der Waals surface area contributed by atoms with Gasteiger partial charge in [-0.25, -0.2) is 0 Å². The van der Waals surface area contributed by atoms with E-state index in [1.807, 2.05) is 0 Å². The van der Waals surface area contributed by atoms with Crippen molar-refractivity contribution in [1.82, 2.24) is 0 Å². The summed E-state index contributed by atoms with van der Waals surface area (Å²) in [6, 6.07) is 0. The zero-order chi connectivity index (χ0) is 7.57. The summed E-state index contributed by atoms with van der Waals surface area (Å²) in [5.74, 6) is 0. The number of hydrogen-bond donors (Lipinski definition) is 0. The summed E-state index contributed by atoms with van der Waals surface area (Å²) in [7, 11) is 0. The van der Waals surface area contributed by atoms with E-state index in [1.165, 1.54) is 0 Å². The van der Waals surface area contributed by atoms with Crippen molar-refractivity contribution in [3.63, 3.8) is 0 Å². The Kier molecular flexibility index (Phi) is 3.76. The fourth-order valence-electron chi connectivity index (χ4n) is 0.671. The van der Waals surface area contributed by atoms with Crippen molar-refractivity contribution < 1.29 is 20.5 Å². The molecule has 0 aromatic carbocycles. The van der Waals surface area contributed by atoms with Crippen molar-refractivity contribution in [3.05, 3.63) is 0 Å². The first kappa shape index (κ1) is 10.5. The molecule has 0 atom stereocenters. The van der Waals surface area contributed by atoms with Crippen molar-refractivity contribution in [2.75, 3.05) is 18.5 Å². The molecule has 0 nitrogen and oxygen atoms in total. The van der Waals surface area contributed by atoms with Crippen molar-refractivity contribution in [2.24, 2.45) is 0 Å². The molecule has 3 heteroatoms. The SMILES string of the molecule is CC[P](Cl)([Au])(CC)CC. The van der Waals surface area contributed by atoms with Crippen LogP contribution in [0, 0.1) is 0 Å². The average Bonchev–Trinajstić information content (AvgIpc) is 1.90. The van der Waals surface area contributed by atoms with Crippen LogP contribution in [0.2, 0.25) is 0 Å². The van der Waals surface area contributed by atoms with Crippen LogP contribution in [0.5, 0.6) is 0 Å². The van der Waals surface area contributed by atoms with Gasteiger partial charge < -0.3 is 0 Å². The summed E-state index contributed by atoms with van der Waals surface area (Å²) < 4.78 is -1.71. The molecule has 0 amide bonds. The summed E-state index contributed by atoms with van der Waals surface area (Å²) >= 11 is 9.14. The van der Waals surface area contributed by atoms with Gasteiger partial charge in [-0.1, -0.05) is 0 Å². The number of halogens is 1. The average molecular weight is 351 g/mol. The molecule has 0 spiro atoms. The van der Waals surface area contributed by atoms with E-state index in [1.54, 1.807) is 0 Å². The molecule has 0 radical (unpaired) electrons. The molecule has 0 saturated heterocycles. The monoisotopic (exact) mass is 350 g/mol. The quantitative estimate of drug-likeness (QED) is 0.542. The van der Waals surface area contributed by atoms with Crippen LogP contribution in [0.15, 0.2) is 0 Å². The Bertz CT molecular complexity index is 84.2. The Morgan fingerprint density at radius 1 is 1.11 bits per heavy atom. The Labute approximate surface area is 74.8 Å². The van der Waals surface area contributed by atoms with Crippen LogP contribution >= 0.6 is 15.1 Å². The molecule has 0 rings (SSSR count). The van der Waals surface area contributed by atoms with Gasteiger partial charge in [0.2, 0.25) is 0 Å². The molecular formula is C6H15AuClP. The van der Waals surface area contributed by atoms with Gasteiger partial charge in [0.15, 0.2) is 0 Å². The summed E-state index contributed by atoms with van der Waals surface area (Å²) in [6.45, 7) is 6.58. The minimum atomic E-state index is -1.71. The van der Waals surface area contributed by atoms with Crippen LogP contribution in [0.4, 0.5) is 0 Å². The van der Waals surface area contributed by atoms with E-state index in [0.29, 0.717) is 0 Å². The molecule has 0 aliphatic heterocycles. The van der Waals surface area contributed by atoms with Gasteiger partial charge in [0, 0.05) is 0 Å². The van der Waals surface area contributed by atoms with Crippen molar-refractivity contribution in [2.45, 2.75) is 20.8 Å². The van der Waals surface area contributed by atoms with Crippen LogP contribution in [0.3, 0.4) is 0 Å². The topological polar surface area (TPSA) is 0 Å². The Hall–Kier alpha value is 1.46. The first-order chi connectivity index (χ1) is 3.96. The standard InChI is InChI=1S/C6H15ClP.Au/c1-4-8(7,5-2)6-3;/h4-6H2,1-3H3;/q+1;-1. The molecule has 0 saturated carbocycles. The van der Waals surface area contributed by atoms with Gasteiger partial charge in [-0.05, 0) is 0 Å². The maximum absolute atomic E-state index is 6.45. The summed E-state index contributed by atoms with van der Waals surface area (Å²) in [5.41, 5.74) is 0. The van der Waals surface area contributed by atoms with E-state index in [2.05, 4.69) is 41.3 Å². The molecule has 0 bridgehead atoms. The summed E-state index contributed by atoms with van der Waals surface area (Å²) in [6.07, 6.45) is 3.47. The molecule has 0 N–H and O–H groups in total. The van der Waals surface area contributed by atoms with Crippen LogP contribution < -0.4 is 0 Å². The first-order valence-corrected chi connectivity index (χ1v) is 9.80. The van der Waals surface area contributed by atoms with Crippen molar-refractivity contribution >= 4 is 15.1 Å². The predicted molar refractivity (Wildman–Crippen MR) is 44.4 cm³/mol. The minimum absolute atomic E-state index is 1.16. The van der Waals surface area contributed by atoms with Crippen LogP contribution in [-0.4, -0.2) is 18.5 Å². The van der Waals surface area contributed by atoms with Gasteiger partial charge in [-0.3, -0.25) is 0 Å². The normalized spacial score (nSPS) is 16.9. The zero-order valence-electron chi connectivity index (χ0n) is 6.25. The summed E-state index contributed by atoms with van der Waals surface area (Å²) in [5, 5.41) is 0. The maximum atomic E-state index is 6.45. The van der Waals surface area contributed by atoms with Gasteiger partial charge >= 0.3 is 74.9 Å². The second-order valence-corrected chi connectivity index (χ2v) is 18.9. The second kappa shape index (κ2) is 3.24. The van der Waals surface area contributed by atoms with E-state index >= 15 is 0 Å². The fourth-order valence-corrected chi connectivity index (χ4v) is 2.01. The Balaban J connectivity index is 4.20. The molecule has 0 heterocycles. The molecular weight excluding hydrogens is 335 g/mol. The van der Waals surface area contributed by atoms with Crippen LogP contribution in [-0.2, 0) is 20.5 Å². The first-order valence-electron chi connectivity index (χ1n) is 3.37. The van der Waals surface area contributed by atoms with Gasteiger partial charge in [0.05, 0.1) is 0 Å². The van der Waals surface area contributed by atoms with Crippen molar-refractivity contribution in [1.29, 1.82) is 0 Å². The number of hydrogen-bond acceptors (Lipinski definition) is 0. The van der Waals surface area contributed by atoms with E-state index in [-0.39, 0.29) is 0 Å². The third-order valence-corrected chi connectivity index (χ3v) is 14.3. The van der Waals surface area contributed by atoms with Crippen LogP contribution in [0.25, 0.3) is 0 Å².